The Balaban J connectivity index is 1.60. The van der Waals surface area contributed by atoms with Crippen LogP contribution in [0.3, 0.4) is 0 Å². The quantitative estimate of drug-likeness (QED) is 0.710. The number of hydrogen-bond donors (Lipinski definition) is 1. The lowest BCUT2D eigenvalue weighted by Gasteiger charge is -2.09. The van der Waals surface area contributed by atoms with E-state index in [0.717, 1.165) is 11.1 Å². The Kier molecular flexibility index (Phi) is 5.53. The second-order valence-electron chi connectivity index (χ2n) is 5.83. The zero-order valence-corrected chi connectivity index (χ0v) is 14.8. The highest BCUT2D eigenvalue weighted by Crippen LogP contribution is 2.27. The second kappa shape index (κ2) is 8.20. The van der Waals surface area contributed by atoms with E-state index in [-0.39, 0.29) is 12.3 Å². The minimum atomic E-state index is -0.114. The van der Waals surface area contributed by atoms with Crippen molar-refractivity contribution < 1.29 is 14.3 Å². The Hall–Kier alpha value is -3.28. The molecule has 134 valence electrons. The molecule has 0 unspecified atom stereocenters. The van der Waals surface area contributed by atoms with Crippen molar-refractivity contribution in [1.82, 2.24) is 9.78 Å². The molecule has 3 aromatic rings. The maximum Gasteiger partial charge on any atom is 0.228 e. The number of hydrogen-bond acceptors (Lipinski definition) is 4. The van der Waals surface area contributed by atoms with Gasteiger partial charge in [-0.25, -0.2) is 0 Å². The predicted octanol–water partition coefficient (Wildman–Crippen LogP) is 3.13. The van der Waals surface area contributed by atoms with Crippen molar-refractivity contribution in [2.24, 2.45) is 0 Å². The SMILES string of the molecule is COc1ccc(CC(=O)Nc2cnn(Cc3ccccc3)c2)cc1OC. The second-order valence-corrected chi connectivity index (χ2v) is 5.83. The molecule has 1 amide bonds. The molecule has 0 aliphatic rings. The molecule has 0 atom stereocenters. The van der Waals surface area contributed by atoms with Gasteiger partial charge in [0.25, 0.3) is 0 Å². The molecule has 0 radical (unpaired) electrons. The number of carbonyl (C=O) groups excluding carboxylic acids is 1. The topological polar surface area (TPSA) is 65.4 Å². The van der Waals surface area contributed by atoms with Gasteiger partial charge < -0.3 is 14.8 Å². The molecular weight excluding hydrogens is 330 g/mol. The molecule has 1 aromatic heterocycles. The third-order valence-corrected chi connectivity index (χ3v) is 3.92. The van der Waals surface area contributed by atoms with E-state index >= 15 is 0 Å². The van der Waals surface area contributed by atoms with Crippen molar-refractivity contribution in [1.29, 1.82) is 0 Å². The van der Waals surface area contributed by atoms with Gasteiger partial charge in [-0.15, -0.1) is 0 Å². The summed E-state index contributed by atoms with van der Waals surface area (Å²) < 4.78 is 12.3. The fourth-order valence-electron chi connectivity index (χ4n) is 2.67. The van der Waals surface area contributed by atoms with E-state index < -0.39 is 0 Å². The van der Waals surface area contributed by atoms with Gasteiger partial charge in [0.2, 0.25) is 5.91 Å². The predicted molar refractivity (Wildman–Crippen MR) is 99.7 cm³/mol. The van der Waals surface area contributed by atoms with Gasteiger partial charge in [0.05, 0.1) is 39.1 Å². The molecule has 2 aromatic carbocycles. The summed E-state index contributed by atoms with van der Waals surface area (Å²) in [5.74, 6) is 1.13. The molecule has 6 nitrogen and oxygen atoms in total. The Morgan fingerprint density at radius 1 is 1.04 bits per heavy atom. The molecule has 0 aliphatic carbocycles. The van der Waals surface area contributed by atoms with Crippen LogP contribution in [-0.2, 0) is 17.8 Å². The first-order chi connectivity index (χ1) is 12.7. The van der Waals surface area contributed by atoms with Crippen LogP contribution in [0.1, 0.15) is 11.1 Å². The summed E-state index contributed by atoms with van der Waals surface area (Å²) in [5.41, 5.74) is 2.67. The number of amides is 1. The molecule has 6 heteroatoms. The summed E-state index contributed by atoms with van der Waals surface area (Å²) in [5, 5.41) is 7.16. The molecule has 0 bridgehead atoms. The highest BCUT2D eigenvalue weighted by molar-refractivity contribution is 5.92. The largest absolute Gasteiger partial charge is 0.493 e. The summed E-state index contributed by atoms with van der Waals surface area (Å²) in [7, 11) is 3.15. The number of nitrogens with one attached hydrogen (secondary N) is 1. The van der Waals surface area contributed by atoms with Crippen molar-refractivity contribution >= 4 is 11.6 Å². The summed E-state index contributed by atoms with van der Waals surface area (Å²) in [6.45, 7) is 0.659. The van der Waals surface area contributed by atoms with Gasteiger partial charge in [-0.3, -0.25) is 9.48 Å². The average Bonchev–Trinajstić information content (AvgIpc) is 3.09. The molecule has 0 fully saturated rings. The van der Waals surface area contributed by atoms with Crippen LogP contribution in [0.2, 0.25) is 0 Å². The smallest absolute Gasteiger partial charge is 0.228 e. The van der Waals surface area contributed by atoms with E-state index in [4.69, 9.17) is 9.47 Å². The molecule has 1 heterocycles. The van der Waals surface area contributed by atoms with E-state index in [1.807, 2.05) is 42.6 Å². The van der Waals surface area contributed by atoms with Crippen LogP contribution in [-0.4, -0.2) is 29.9 Å². The lowest BCUT2D eigenvalue weighted by Crippen LogP contribution is -2.14. The molecule has 3 rings (SSSR count). The first-order valence-electron chi connectivity index (χ1n) is 8.25. The average molecular weight is 351 g/mol. The number of carbonyl (C=O) groups is 1. The summed E-state index contributed by atoms with van der Waals surface area (Å²) >= 11 is 0. The van der Waals surface area contributed by atoms with Crippen molar-refractivity contribution in [3.05, 3.63) is 72.1 Å². The molecule has 1 N–H and O–H groups in total. The van der Waals surface area contributed by atoms with Gasteiger partial charge in [0.1, 0.15) is 0 Å². The highest BCUT2D eigenvalue weighted by Gasteiger charge is 2.09. The Morgan fingerprint density at radius 2 is 1.81 bits per heavy atom. The minimum absolute atomic E-state index is 0.114. The van der Waals surface area contributed by atoms with Crippen LogP contribution in [0.25, 0.3) is 0 Å². The van der Waals surface area contributed by atoms with Gasteiger partial charge in [-0.1, -0.05) is 36.4 Å². The molecule has 0 spiro atoms. The number of ether oxygens (including phenoxy) is 2. The van der Waals surface area contributed by atoms with Gasteiger partial charge in [0, 0.05) is 6.20 Å². The van der Waals surface area contributed by atoms with Crippen LogP contribution in [0.15, 0.2) is 60.9 Å². The monoisotopic (exact) mass is 351 g/mol. The van der Waals surface area contributed by atoms with Crippen molar-refractivity contribution in [2.75, 3.05) is 19.5 Å². The van der Waals surface area contributed by atoms with E-state index in [9.17, 15) is 4.79 Å². The molecule has 0 saturated heterocycles. The van der Waals surface area contributed by atoms with Gasteiger partial charge in [-0.2, -0.15) is 5.10 Å². The number of methoxy groups -OCH3 is 2. The third kappa shape index (κ3) is 4.42. The maximum atomic E-state index is 12.3. The van der Waals surface area contributed by atoms with Crippen LogP contribution in [0.5, 0.6) is 11.5 Å². The van der Waals surface area contributed by atoms with Gasteiger partial charge in [-0.05, 0) is 23.3 Å². The standard InChI is InChI=1S/C20H21N3O3/c1-25-18-9-8-16(10-19(18)26-2)11-20(24)22-17-12-21-23(14-17)13-15-6-4-3-5-7-15/h3-10,12,14H,11,13H2,1-2H3,(H,22,24). The van der Waals surface area contributed by atoms with E-state index in [1.165, 1.54) is 0 Å². The molecule has 0 saturated carbocycles. The number of rotatable bonds is 7. The lowest BCUT2D eigenvalue weighted by atomic mass is 10.1. The normalized spacial score (nSPS) is 10.4. The fourth-order valence-corrected chi connectivity index (χ4v) is 2.67. The minimum Gasteiger partial charge on any atom is -0.493 e. The van der Waals surface area contributed by atoms with Crippen molar-refractivity contribution in [3.8, 4) is 11.5 Å². The Labute approximate surface area is 152 Å². The zero-order valence-electron chi connectivity index (χ0n) is 14.8. The summed E-state index contributed by atoms with van der Waals surface area (Å²) in [4.78, 5) is 12.3. The maximum absolute atomic E-state index is 12.3. The number of aromatic nitrogens is 2. The summed E-state index contributed by atoms with van der Waals surface area (Å²) in [6, 6.07) is 15.5. The van der Waals surface area contributed by atoms with Crippen LogP contribution >= 0.6 is 0 Å². The zero-order chi connectivity index (χ0) is 18.4. The highest BCUT2D eigenvalue weighted by atomic mass is 16.5. The third-order valence-electron chi connectivity index (χ3n) is 3.92. The van der Waals surface area contributed by atoms with E-state index in [2.05, 4.69) is 10.4 Å². The van der Waals surface area contributed by atoms with Crippen molar-refractivity contribution in [2.45, 2.75) is 13.0 Å². The Bertz CT molecular complexity index is 875. The van der Waals surface area contributed by atoms with E-state index in [1.54, 1.807) is 37.2 Å². The Morgan fingerprint density at radius 3 is 2.54 bits per heavy atom. The van der Waals surface area contributed by atoms with Crippen LogP contribution in [0.4, 0.5) is 5.69 Å². The van der Waals surface area contributed by atoms with E-state index in [0.29, 0.717) is 23.7 Å². The van der Waals surface area contributed by atoms with Crippen molar-refractivity contribution in [3.63, 3.8) is 0 Å². The first kappa shape index (κ1) is 17.5. The molecule has 26 heavy (non-hydrogen) atoms. The molecule has 0 aliphatic heterocycles. The van der Waals surface area contributed by atoms with Crippen LogP contribution < -0.4 is 14.8 Å². The fraction of sp³-hybridized carbons (Fsp3) is 0.200. The lowest BCUT2D eigenvalue weighted by molar-refractivity contribution is -0.115. The van der Waals surface area contributed by atoms with Gasteiger partial charge >= 0.3 is 0 Å². The summed E-state index contributed by atoms with van der Waals surface area (Å²) in [6.07, 6.45) is 3.71. The van der Waals surface area contributed by atoms with Crippen LogP contribution in [0, 0.1) is 0 Å². The number of anilines is 1. The first-order valence-corrected chi connectivity index (χ1v) is 8.25. The number of nitrogens with zero attached hydrogens (tertiary/aromatic N) is 2. The number of benzene rings is 2. The molecular formula is C20H21N3O3. The van der Waals surface area contributed by atoms with Gasteiger partial charge in [0.15, 0.2) is 11.5 Å².